The highest BCUT2D eigenvalue weighted by Crippen LogP contribution is 2.51. The molecule has 1 spiro atoms. The molecule has 7 rings (SSSR count). The Kier molecular flexibility index (Phi) is 6.97. The van der Waals surface area contributed by atoms with Crippen molar-refractivity contribution in [2.75, 3.05) is 21.5 Å². The molecule has 0 amide bonds. The molecule has 0 unspecified atom stereocenters. The summed E-state index contributed by atoms with van der Waals surface area (Å²) >= 11 is 1.38. The number of rotatable bonds is 8. The normalized spacial score (nSPS) is 19.2. The van der Waals surface area contributed by atoms with Gasteiger partial charge in [0.05, 0.1) is 38.5 Å². The molecule has 230 valence electrons. The summed E-state index contributed by atoms with van der Waals surface area (Å²) < 4.78 is 95.7. The quantitative estimate of drug-likeness (QED) is 0.245. The lowest BCUT2D eigenvalue weighted by Crippen LogP contribution is -2.60. The standard InChI is InChI=1S/C29H26F3N5O4S3/c30-19-7-3-8-20(31)26(19)44(40,41)37-21-9-2-6-18(23(21)32)24-25(42-27(36-24)16-4-1-5-16)22-10-11-33-28(35-22)34-17-12-29(13-17)14-43(38,39)15-29/h2-3,6-11,16-17,37H,1,4-5,12-15H2,(H,33,34,35). The van der Waals surface area contributed by atoms with Gasteiger partial charge in [-0.2, -0.15) is 0 Å². The molecule has 9 nitrogen and oxygen atoms in total. The van der Waals surface area contributed by atoms with Gasteiger partial charge in [0.1, 0.15) is 11.6 Å². The minimum absolute atomic E-state index is 0.00345. The average molecular weight is 662 g/mol. The van der Waals surface area contributed by atoms with E-state index >= 15 is 4.39 Å². The molecule has 1 aliphatic heterocycles. The van der Waals surface area contributed by atoms with Crippen LogP contribution in [0, 0.1) is 22.9 Å². The second-order valence-corrected chi connectivity index (χ2v) is 16.4. The Bertz CT molecular complexity index is 1980. The van der Waals surface area contributed by atoms with Crippen molar-refractivity contribution >= 4 is 42.8 Å². The summed E-state index contributed by atoms with van der Waals surface area (Å²) in [5, 5.41) is 4.08. The third kappa shape index (κ3) is 5.24. The number of halogens is 3. The van der Waals surface area contributed by atoms with E-state index in [0.717, 1.165) is 42.5 Å². The Morgan fingerprint density at radius 2 is 1.66 bits per heavy atom. The number of anilines is 2. The van der Waals surface area contributed by atoms with E-state index in [1.807, 2.05) is 4.72 Å². The van der Waals surface area contributed by atoms with Crippen LogP contribution in [0.25, 0.3) is 21.8 Å². The van der Waals surface area contributed by atoms with Crippen molar-refractivity contribution < 1.29 is 30.0 Å². The zero-order valence-corrected chi connectivity index (χ0v) is 25.5. The first kappa shape index (κ1) is 29.2. The monoisotopic (exact) mass is 661 g/mol. The van der Waals surface area contributed by atoms with Gasteiger partial charge in [-0.05, 0) is 56.0 Å². The second kappa shape index (κ2) is 10.5. The van der Waals surface area contributed by atoms with Crippen LogP contribution in [0.2, 0.25) is 0 Å². The number of aromatic nitrogens is 3. The van der Waals surface area contributed by atoms with Gasteiger partial charge in [-0.3, -0.25) is 4.72 Å². The molecule has 0 bridgehead atoms. The van der Waals surface area contributed by atoms with Crippen LogP contribution in [0.3, 0.4) is 0 Å². The van der Waals surface area contributed by atoms with Crippen LogP contribution in [0.5, 0.6) is 0 Å². The zero-order chi connectivity index (χ0) is 30.9. The van der Waals surface area contributed by atoms with Crippen LogP contribution in [0.15, 0.2) is 53.6 Å². The summed E-state index contributed by atoms with van der Waals surface area (Å²) in [6, 6.07) is 8.42. The highest BCUT2D eigenvalue weighted by atomic mass is 32.2. The van der Waals surface area contributed by atoms with Crippen LogP contribution >= 0.6 is 11.3 Å². The Balaban J connectivity index is 1.20. The predicted molar refractivity (Wildman–Crippen MR) is 160 cm³/mol. The molecular weight excluding hydrogens is 636 g/mol. The molecule has 2 aromatic carbocycles. The molecule has 0 radical (unpaired) electrons. The summed E-state index contributed by atoms with van der Waals surface area (Å²) in [6.07, 6.45) is 5.93. The minimum Gasteiger partial charge on any atom is -0.351 e. The molecule has 2 saturated carbocycles. The van der Waals surface area contributed by atoms with Gasteiger partial charge >= 0.3 is 0 Å². The number of thiazole rings is 1. The summed E-state index contributed by atoms with van der Waals surface area (Å²) in [5.41, 5.74) is 0.102. The topological polar surface area (TPSA) is 131 Å². The van der Waals surface area contributed by atoms with Gasteiger partial charge in [0.15, 0.2) is 20.5 Å². The first-order chi connectivity index (χ1) is 20.9. The van der Waals surface area contributed by atoms with E-state index in [0.29, 0.717) is 29.4 Å². The number of benzene rings is 2. The van der Waals surface area contributed by atoms with Crippen molar-refractivity contribution in [3.05, 3.63) is 71.1 Å². The maximum Gasteiger partial charge on any atom is 0.267 e. The molecule has 3 aliphatic rings. The van der Waals surface area contributed by atoms with E-state index < -0.39 is 47.9 Å². The van der Waals surface area contributed by atoms with E-state index in [1.165, 1.54) is 29.5 Å². The molecule has 1 saturated heterocycles. The number of hydrogen-bond donors (Lipinski definition) is 2. The van der Waals surface area contributed by atoms with Gasteiger partial charge in [0.2, 0.25) is 5.95 Å². The Hall–Kier alpha value is -3.56. The number of sulfonamides is 1. The summed E-state index contributed by atoms with van der Waals surface area (Å²) in [6.45, 7) is 0. The molecule has 3 heterocycles. The molecule has 2 N–H and O–H groups in total. The molecular formula is C29H26F3N5O4S3. The third-order valence-corrected chi connectivity index (χ3v) is 13.2. The fraction of sp³-hybridized carbons (Fsp3) is 0.345. The maximum absolute atomic E-state index is 16.0. The van der Waals surface area contributed by atoms with Crippen molar-refractivity contribution in [2.45, 2.75) is 49.0 Å². The van der Waals surface area contributed by atoms with E-state index in [1.54, 1.807) is 12.3 Å². The Morgan fingerprint density at radius 1 is 0.955 bits per heavy atom. The lowest BCUT2D eigenvalue weighted by molar-refractivity contribution is 0.153. The van der Waals surface area contributed by atoms with Gasteiger partial charge in [-0.25, -0.2) is 45.0 Å². The van der Waals surface area contributed by atoms with Crippen LogP contribution < -0.4 is 10.0 Å². The lowest BCUT2D eigenvalue weighted by Gasteiger charge is -2.53. The maximum atomic E-state index is 16.0. The second-order valence-electron chi connectivity index (χ2n) is 11.7. The van der Waals surface area contributed by atoms with Crippen LogP contribution in [-0.2, 0) is 19.9 Å². The van der Waals surface area contributed by atoms with Crippen LogP contribution in [0.4, 0.5) is 24.8 Å². The van der Waals surface area contributed by atoms with E-state index in [2.05, 4.69) is 15.3 Å². The van der Waals surface area contributed by atoms with Gasteiger partial charge < -0.3 is 5.32 Å². The fourth-order valence-electron chi connectivity index (χ4n) is 6.20. The number of nitrogens with one attached hydrogen (secondary N) is 2. The minimum atomic E-state index is -4.81. The predicted octanol–water partition coefficient (Wildman–Crippen LogP) is 5.74. The van der Waals surface area contributed by atoms with Crippen molar-refractivity contribution in [2.24, 2.45) is 5.41 Å². The van der Waals surface area contributed by atoms with Crippen molar-refractivity contribution in [3.8, 4) is 21.8 Å². The molecule has 15 heteroatoms. The van der Waals surface area contributed by atoms with E-state index in [9.17, 15) is 25.6 Å². The van der Waals surface area contributed by atoms with Crippen molar-refractivity contribution in [3.63, 3.8) is 0 Å². The first-order valence-electron chi connectivity index (χ1n) is 14.0. The highest BCUT2D eigenvalue weighted by molar-refractivity contribution is 7.93. The number of nitrogens with zero attached hydrogens (tertiary/aromatic N) is 3. The van der Waals surface area contributed by atoms with E-state index in [-0.39, 0.29) is 40.1 Å². The average Bonchev–Trinajstić information content (AvgIpc) is 3.31. The smallest absolute Gasteiger partial charge is 0.267 e. The van der Waals surface area contributed by atoms with Gasteiger partial charge in [-0.1, -0.05) is 18.6 Å². The zero-order valence-electron chi connectivity index (χ0n) is 23.1. The Morgan fingerprint density at radius 3 is 2.32 bits per heavy atom. The van der Waals surface area contributed by atoms with Gasteiger partial charge in [0.25, 0.3) is 10.0 Å². The van der Waals surface area contributed by atoms with E-state index in [4.69, 9.17) is 4.98 Å². The summed E-state index contributed by atoms with van der Waals surface area (Å²) in [7, 11) is -7.73. The largest absolute Gasteiger partial charge is 0.351 e. The first-order valence-corrected chi connectivity index (χ1v) is 18.1. The number of hydrogen-bond acceptors (Lipinski definition) is 9. The van der Waals surface area contributed by atoms with Gasteiger partial charge in [0, 0.05) is 29.1 Å². The van der Waals surface area contributed by atoms with Crippen LogP contribution in [0.1, 0.15) is 43.0 Å². The van der Waals surface area contributed by atoms with Crippen molar-refractivity contribution in [1.82, 2.24) is 15.0 Å². The number of sulfone groups is 1. The molecule has 2 aromatic heterocycles. The molecule has 0 atom stereocenters. The molecule has 3 fully saturated rings. The third-order valence-electron chi connectivity index (χ3n) is 8.42. The SMILES string of the molecule is O=S1(=O)CC2(CC(Nc3nccc(-c4sc(C5CCC5)nc4-c4cccc(NS(=O)(=O)c5c(F)cccc5F)c4F)n3)C2)C1. The highest BCUT2D eigenvalue weighted by Gasteiger charge is 2.56. The van der Waals surface area contributed by atoms with Crippen molar-refractivity contribution in [1.29, 1.82) is 0 Å². The Labute approximate surface area is 256 Å². The molecule has 44 heavy (non-hydrogen) atoms. The molecule has 4 aromatic rings. The fourth-order valence-corrected chi connectivity index (χ4v) is 10.9. The molecule has 2 aliphatic carbocycles. The van der Waals surface area contributed by atoms with Crippen LogP contribution in [-0.4, -0.2) is 49.3 Å². The summed E-state index contributed by atoms with van der Waals surface area (Å²) in [5.74, 6) is -2.57. The summed E-state index contributed by atoms with van der Waals surface area (Å²) in [4.78, 5) is 13.1. The van der Waals surface area contributed by atoms with Gasteiger partial charge in [-0.15, -0.1) is 11.3 Å². The lowest BCUT2D eigenvalue weighted by atomic mass is 9.67.